The Balaban J connectivity index is 3.68. The van der Waals surface area contributed by atoms with Crippen LogP contribution in [-0.4, -0.2) is 81.7 Å². The number of nitrogens with zero attached hydrogens (tertiary/aromatic N) is 2. The molecule has 1 atom stereocenters. The molecule has 0 saturated heterocycles. The lowest BCUT2D eigenvalue weighted by molar-refractivity contribution is -0.142. The molecule has 4 N–H and O–H groups in total. The quantitative estimate of drug-likeness (QED) is 0.0524. The molecule has 12 heteroatoms. The number of unbranched alkanes of at least 4 members (excludes halogenated alkanes) is 12. The van der Waals surface area contributed by atoms with Gasteiger partial charge < -0.3 is 30.0 Å². The molecule has 0 aliphatic carbocycles. The van der Waals surface area contributed by atoms with E-state index < -0.39 is 12.0 Å². The van der Waals surface area contributed by atoms with Crippen molar-refractivity contribution < 1.29 is 33.7 Å². The third-order valence-electron chi connectivity index (χ3n) is 6.52. The number of carbonyl (C=O) groups is 3. The van der Waals surface area contributed by atoms with Crippen molar-refractivity contribution in [2.24, 2.45) is 5.11 Å². The minimum atomic E-state index is -1.14. The van der Waals surface area contributed by atoms with E-state index in [0.717, 1.165) is 19.3 Å². The fraction of sp³-hybridized carbons (Fsp3) is 0.897. The SMILES string of the molecule is CCCCCCCCCCCCCCCC(=O)N[C@@H](CCC(=O)NCCOCCOCCOCCN=[N+]=N)C(=O)O. The number of ether oxygens (including phenoxy) is 3. The van der Waals surface area contributed by atoms with E-state index in [2.05, 4.69) is 27.6 Å². The highest BCUT2D eigenvalue weighted by Crippen LogP contribution is 2.13. The van der Waals surface area contributed by atoms with Crippen LogP contribution in [0.2, 0.25) is 0 Å². The first-order chi connectivity index (χ1) is 20.0. The van der Waals surface area contributed by atoms with Gasteiger partial charge in [0.15, 0.2) is 0 Å². The summed E-state index contributed by atoms with van der Waals surface area (Å²) in [4.78, 5) is 38.6. The number of carboxylic acid groups (broad SMARTS) is 1. The van der Waals surface area contributed by atoms with Crippen molar-refractivity contribution in [2.75, 3.05) is 52.7 Å². The Labute approximate surface area is 246 Å². The topological polar surface area (TPSA) is 174 Å². The molecule has 41 heavy (non-hydrogen) atoms. The third kappa shape index (κ3) is 28.9. The van der Waals surface area contributed by atoms with Crippen molar-refractivity contribution in [3.8, 4) is 0 Å². The average Bonchev–Trinajstić information content (AvgIpc) is 2.95. The minimum Gasteiger partial charge on any atom is -0.480 e. The van der Waals surface area contributed by atoms with Crippen LogP contribution in [0.4, 0.5) is 0 Å². The van der Waals surface area contributed by atoms with Crippen LogP contribution in [0.15, 0.2) is 5.11 Å². The van der Waals surface area contributed by atoms with Gasteiger partial charge in [0.1, 0.15) is 23.2 Å². The number of hydrogen-bond acceptors (Lipinski definition) is 8. The van der Waals surface area contributed by atoms with E-state index in [1.807, 2.05) is 0 Å². The summed E-state index contributed by atoms with van der Waals surface area (Å²) in [5.74, 6) is -1.70. The van der Waals surface area contributed by atoms with Crippen LogP contribution in [0.5, 0.6) is 0 Å². The van der Waals surface area contributed by atoms with Crippen molar-refractivity contribution in [1.29, 1.82) is 5.53 Å². The number of carboxylic acids is 1. The Morgan fingerprint density at radius 2 is 1.24 bits per heavy atom. The molecular weight excluding hydrogens is 530 g/mol. The highest BCUT2D eigenvalue weighted by Gasteiger charge is 2.20. The molecule has 0 aromatic heterocycles. The predicted molar refractivity (Wildman–Crippen MR) is 157 cm³/mol. The van der Waals surface area contributed by atoms with Crippen LogP contribution < -0.4 is 15.5 Å². The largest absolute Gasteiger partial charge is 0.480 e. The van der Waals surface area contributed by atoms with Crippen molar-refractivity contribution >= 4 is 17.8 Å². The number of nitrogens with one attached hydrogen (secondary N) is 3. The maximum absolute atomic E-state index is 12.2. The van der Waals surface area contributed by atoms with E-state index in [9.17, 15) is 19.5 Å². The normalized spacial score (nSPS) is 11.5. The van der Waals surface area contributed by atoms with Crippen LogP contribution in [0.1, 0.15) is 110 Å². The zero-order valence-corrected chi connectivity index (χ0v) is 25.3. The van der Waals surface area contributed by atoms with E-state index in [1.54, 1.807) is 0 Å². The molecule has 12 nitrogen and oxygen atoms in total. The summed E-state index contributed by atoms with van der Waals surface area (Å²) >= 11 is 0. The first-order valence-corrected chi connectivity index (χ1v) is 15.6. The minimum absolute atomic E-state index is 0.00225. The zero-order chi connectivity index (χ0) is 30.2. The van der Waals surface area contributed by atoms with Gasteiger partial charge in [0.05, 0.1) is 39.6 Å². The second kappa shape index (κ2) is 30.6. The van der Waals surface area contributed by atoms with Crippen molar-refractivity contribution in [1.82, 2.24) is 15.5 Å². The molecule has 0 rings (SSSR count). The van der Waals surface area contributed by atoms with Crippen LogP contribution in [0.3, 0.4) is 0 Å². The summed E-state index contributed by atoms with van der Waals surface area (Å²) in [6.07, 6.45) is 16.2. The first kappa shape index (κ1) is 38.6. The van der Waals surface area contributed by atoms with Gasteiger partial charge in [0.2, 0.25) is 16.7 Å². The molecule has 0 aliphatic heterocycles. The van der Waals surface area contributed by atoms with Gasteiger partial charge in [-0.25, -0.2) is 4.79 Å². The molecule has 0 aromatic rings. The Hall–Kier alpha value is -2.40. The molecule has 0 aliphatic rings. The van der Waals surface area contributed by atoms with E-state index in [-0.39, 0.29) is 24.7 Å². The van der Waals surface area contributed by atoms with Gasteiger partial charge >= 0.3 is 5.97 Å². The number of aliphatic carboxylic acids is 1. The van der Waals surface area contributed by atoms with Crippen molar-refractivity contribution in [3.63, 3.8) is 0 Å². The zero-order valence-electron chi connectivity index (χ0n) is 25.3. The highest BCUT2D eigenvalue weighted by atomic mass is 16.5. The molecule has 0 heterocycles. The summed E-state index contributed by atoms with van der Waals surface area (Å²) in [6.45, 7) is 5.18. The highest BCUT2D eigenvalue weighted by molar-refractivity contribution is 5.84. The van der Waals surface area contributed by atoms with E-state index in [1.165, 1.54) is 64.2 Å². The lowest BCUT2D eigenvalue weighted by Crippen LogP contribution is -2.41. The van der Waals surface area contributed by atoms with Crippen LogP contribution in [0.25, 0.3) is 0 Å². The number of amides is 2. The van der Waals surface area contributed by atoms with Crippen molar-refractivity contribution in [2.45, 2.75) is 116 Å². The van der Waals surface area contributed by atoms with Crippen LogP contribution in [-0.2, 0) is 28.6 Å². The monoisotopic (exact) mass is 586 g/mol. The molecule has 2 amide bonds. The molecule has 238 valence electrons. The molecule has 0 saturated carbocycles. The predicted octanol–water partition coefficient (Wildman–Crippen LogP) is 4.53. The average molecular weight is 587 g/mol. The van der Waals surface area contributed by atoms with Crippen LogP contribution >= 0.6 is 0 Å². The molecule has 0 spiro atoms. The summed E-state index contributed by atoms with van der Waals surface area (Å²) in [6, 6.07) is -1.07. The first-order valence-electron chi connectivity index (χ1n) is 15.6. The van der Waals surface area contributed by atoms with E-state index >= 15 is 0 Å². The Kier molecular flexibility index (Phi) is 28.8. The van der Waals surface area contributed by atoms with Gasteiger partial charge in [-0.2, -0.15) is 0 Å². The number of rotatable bonds is 31. The smallest absolute Gasteiger partial charge is 0.326 e. The standard InChI is InChI=1S/C29H55N5O7/c1-2-3-4-5-6-7-8-9-10-11-12-13-14-15-28(36)33-26(29(37)38)16-17-27(35)31-18-20-39-22-24-41-25-23-40-21-19-32-34-30/h26,30H,2-25H2,1H3,(H2-,31,33,35,36,37,38)/p+1/t26-/m0/s1. The van der Waals surface area contributed by atoms with Gasteiger partial charge in [-0.3, -0.25) is 9.59 Å². The van der Waals surface area contributed by atoms with Gasteiger partial charge in [-0.1, -0.05) is 84.0 Å². The second-order valence-electron chi connectivity index (χ2n) is 10.1. The Morgan fingerprint density at radius 3 is 1.78 bits per heavy atom. The molecule has 0 radical (unpaired) electrons. The molecule has 0 bridgehead atoms. The summed E-state index contributed by atoms with van der Waals surface area (Å²) in [5, 5.41) is 18.1. The lowest BCUT2D eigenvalue weighted by Gasteiger charge is -2.14. The van der Waals surface area contributed by atoms with E-state index in [4.69, 9.17) is 19.7 Å². The van der Waals surface area contributed by atoms with Gasteiger partial charge in [0, 0.05) is 19.4 Å². The summed E-state index contributed by atoms with van der Waals surface area (Å²) < 4.78 is 15.9. The maximum atomic E-state index is 12.2. The number of carbonyl (C=O) groups excluding carboxylic acids is 2. The van der Waals surface area contributed by atoms with Crippen molar-refractivity contribution in [3.05, 3.63) is 0 Å². The van der Waals surface area contributed by atoms with Crippen LogP contribution in [0, 0.1) is 5.53 Å². The lowest BCUT2D eigenvalue weighted by atomic mass is 10.0. The fourth-order valence-electron chi connectivity index (χ4n) is 4.15. The molecule has 0 unspecified atom stereocenters. The third-order valence-corrected chi connectivity index (χ3v) is 6.52. The second-order valence-corrected chi connectivity index (χ2v) is 10.1. The van der Waals surface area contributed by atoms with Gasteiger partial charge in [0.25, 0.3) is 0 Å². The maximum Gasteiger partial charge on any atom is 0.326 e. The fourth-order valence-corrected chi connectivity index (χ4v) is 4.15. The Bertz CT molecular complexity index is 705. The number of hydrogen-bond donors (Lipinski definition) is 4. The molecular formula is C29H56N5O7+. The Morgan fingerprint density at radius 1 is 0.732 bits per heavy atom. The molecule has 0 aromatic carbocycles. The van der Waals surface area contributed by atoms with Gasteiger partial charge in [-0.15, -0.1) is 0 Å². The summed E-state index contributed by atoms with van der Waals surface area (Å²) in [5.41, 5.74) is 6.51. The van der Waals surface area contributed by atoms with E-state index in [0.29, 0.717) is 59.2 Å². The molecule has 0 fully saturated rings. The summed E-state index contributed by atoms with van der Waals surface area (Å²) in [7, 11) is 0. The van der Waals surface area contributed by atoms with Gasteiger partial charge in [-0.05, 0) is 12.8 Å².